The van der Waals surface area contributed by atoms with Gasteiger partial charge < -0.3 is 9.97 Å². The molecule has 20 heteroatoms. The van der Waals surface area contributed by atoms with Crippen LogP contribution in [-0.4, -0.2) is 98.3 Å². The number of pyridine rings is 4. The average molecular weight is 983 g/mol. The zero-order chi connectivity index (χ0) is 49.6. The number of aromatic nitrogens is 20. The Bertz CT molecular complexity index is 4680. The Morgan fingerprint density at radius 3 is 0.855 bits per heavy atom. The summed E-state index contributed by atoms with van der Waals surface area (Å²) in [5.74, 6) is 2.46. The molecule has 13 aromatic heterocycles. The van der Waals surface area contributed by atoms with Gasteiger partial charge in [-0.3, -0.25) is 17.6 Å². The van der Waals surface area contributed by atoms with E-state index in [1.807, 2.05) is 187 Å². The SMILES string of the molecule is c1ccc(-c2nnc3ccc4c5nc(nc6[nH]c(nc7nc(nc8[nH]c(n5)c5c8ccc8nnc(-c9ccccc9)n85)c5c7ccc7nnc(-c8ccccc8)n75)c5c6ccc6nnc(-c7ccccc7)n65)c4n23)cc1. The van der Waals surface area contributed by atoms with E-state index in [2.05, 4.69) is 30.4 Å². The minimum Gasteiger partial charge on any atom is -0.322 e. The second kappa shape index (κ2) is 15.1. The molecule has 0 saturated carbocycles. The Morgan fingerprint density at radius 2 is 0.526 bits per heavy atom. The molecule has 0 aliphatic rings. The predicted molar refractivity (Wildman–Crippen MR) is 288 cm³/mol. The maximum atomic E-state index is 5.47. The van der Waals surface area contributed by atoms with Crippen LogP contribution in [0.3, 0.4) is 0 Å². The fraction of sp³-hybridized carbons (Fsp3) is 0. The van der Waals surface area contributed by atoms with Gasteiger partial charge in [-0.25, -0.2) is 29.9 Å². The fourth-order valence-corrected chi connectivity index (χ4v) is 10.7. The molecule has 13 heterocycles. The van der Waals surface area contributed by atoms with Crippen LogP contribution < -0.4 is 0 Å². The largest absolute Gasteiger partial charge is 0.322 e. The van der Waals surface area contributed by atoms with Gasteiger partial charge in [0.05, 0.1) is 0 Å². The van der Waals surface area contributed by atoms with Crippen LogP contribution in [0.25, 0.3) is 157 Å². The van der Waals surface area contributed by atoms with E-state index in [0.717, 1.165) is 33.0 Å². The molecule has 0 radical (unpaired) electrons. The molecule has 4 aromatic carbocycles. The fourth-order valence-electron chi connectivity index (χ4n) is 10.7. The summed E-state index contributed by atoms with van der Waals surface area (Å²) < 4.78 is 7.97. The van der Waals surface area contributed by atoms with Gasteiger partial charge in [0.1, 0.15) is 33.4 Å². The molecule has 0 fully saturated rings. The molecule has 0 amide bonds. The number of hydrogen-bond acceptors (Lipinski definition) is 14. The van der Waals surface area contributed by atoms with Gasteiger partial charge in [0.25, 0.3) is 0 Å². The quantitative estimate of drug-likeness (QED) is 0.167. The van der Waals surface area contributed by atoms with Crippen molar-refractivity contribution in [3.63, 3.8) is 0 Å². The lowest BCUT2D eigenvalue weighted by atomic mass is 10.2. The Hall–Kier alpha value is -11.3. The molecule has 20 nitrogen and oxygen atoms in total. The highest BCUT2D eigenvalue weighted by molar-refractivity contribution is 6.11. The molecule has 0 saturated heterocycles. The van der Waals surface area contributed by atoms with E-state index in [9.17, 15) is 0 Å². The molecule has 354 valence electrons. The van der Waals surface area contributed by atoms with E-state index in [0.29, 0.717) is 124 Å². The van der Waals surface area contributed by atoms with Crippen molar-refractivity contribution in [3.05, 3.63) is 170 Å². The van der Waals surface area contributed by atoms with Crippen LogP contribution in [0, 0.1) is 0 Å². The van der Waals surface area contributed by atoms with Crippen molar-refractivity contribution in [2.45, 2.75) is 0 Å². The molecule has 76 heavy (non-hydrogen) atoms. The summed E-state index contributed by atoms with van der Waals surface area (Å²) in [5.41, 5.74) is 11.8. The van der Waals surface area contributed by atoms with Crippen molar-refractivity contribution >= 4 is 111 Å². The molecule has 17 rings (SSSR count). The van der Waals surface area contributed by atoms with Gasteiger partial charge in [0.15, 0.2) is 79.8 Å². The van der Waals surface area contributed by atoms with Crippen LogP contribution in [0.1, 0.15) is 0 Å². The first kappa shape index (κ1) is 40.3. The average Bonchev–Trinajstić information content (AvgIpc) is 4.50. The second-order valence-corrected chi connectivity index (χ2v) is 18.3. The molecule has 0 aliphatic heterocycles. The Morgan fingerprint density at radius 1 is 0.237 bits per heavy atom. The number of aromatic amines is 2. The van der Waals surface area contributed by atoms with Gasteiger partial charge in [-0.05, 0) is 48.5 Å². The zero-order valence-electron chi connectivity index (χ0n) is 39.2. The highest BCUT2D eigenvalue weighted by atomic mass is 15.3. The summed E-state index contributed by atoms with van der Waals surface area (Å²) >= 11 is 0. The molecule has 0 atom stereocenters. The number of nitrogens with zero attached hydrogens (tertiary/aromatic N) is 18. The van der Waals surface area contributed by atoms with Crippen molar-refractivity contribution < 1.29 is 0 Å². The highest BCUT2D eigenvalue weighted by Gasteiger charge is 2.23. The highest BCUT2D eigenvalue weighted by Crippen LogP contribution is 2.35. The van der Waals surface area contributed by atoms with Crippen LogP contribution in [0.5, 0.6) is 0 Å². The summed E-state index contributed by atoms with van der Waals surface area (Å²) in [4.78, 5) is 39.8. The van der Waals surface area contributed by atoms with Gasteiger partial charge in [-0.15, -0.1) is 40.8 Å². The van der Waals surface area contributed by atoms with Crippen LogP contribution in [0.2, 0.25) is 0 Å². The van der Waals surface area contributed by atoms with Gasteiger partial charge in [0, 0.05) is 43.8 Å². The summed E-state index contributed by atoms with van der Waals surface area (Å²) in [6.45, 7) is 0. The van der Waals surface area contributed by atoms with Gasteiger partial charge in [0.2, 0.25) is 0 Å². The van der Waals surface area contributed by atoms with Gasteiger partial charge in [-0.2, -0.15) is 0 Å². The molecule has 17 aromatic rings. The van der Waals surface area contributed by atoms with Crippen molar-refractivity contribution in [3.8, 4) is 45.6 Å². The first-order valence-electron chi connectivity index (χ1n) is 24.2. The van der Waals surface area contributed by atoms with Gasteiger partial charge >= 0.3 is 0 Å². The lowest BCUT2D eigenvalue weighted by Crippen LogP contribution is -1.92. The van der Waals surface area contributed by atoms with E-state index >= 15 is 0 Å². The monoisotopic (exact) mass is 982 g/mol. The van der Waals surface area contributed by atoms with E-state index in [1.165, 1.54) is 0 Å². The number of rotatable bonds is 4. The van der Waals surface area contributed by atoms with Crippen LogP contribution in [0.15, 0.2) is 170 Å². The van der Waals surface area contributed by atoms with E-state index in [4.69, 9.17) is 50.3 Å². The summed E-state index contributed by atoms with van der Waals surface area (Å²) in [7, 11) is 0. The standard InChI is InChI=1S/C56H30N20/c1-5-13-29(14-6-1)53-69-65-37-25-21-33-41(73(37)53)49-57-45(33)62-50-43-35(23-27-39-67-71-55(75(39)43)31-17-9-3-10-18-31)47(59-50)64-52-44-36(24-28-40-68-72-56(76(40)44)32-19-11-4-12-20-32)48(60-52)63-51-42-34(46(58-51)61-49)22-26-38-66-70-54(74(38)42)30-15-7-2-8-16-30/h1-28H,(H2,57,58,59,60,61,62,63,64). The first-order chi connectivity index (χ1) is 37.7. The van der Waals surface area contributed by atoms with Crippen LogP contribution >= 0.6 is 0 Å². The zero-order valence-corrected chi connectivity index (χ0v) is 39.2. The van der Waals surface area contributed by atoms with Crippen molar-refractivity contribution in [1.82, 2.24) is 98.3 Å². The molecule has 0 unspecified atom stereocenters. The van der Waals surface area contributed by atoms with Crippen molar-refractivity contribution in [2.75, 3.05) is 0 Å². The Balaban J connectivity index is 1.11. The topological polar surface area (TPSA) is 230 Å². The van der Waals surface area contributed by atoms with E-state index < -0.39 is 0 Å². The maximum absolute atomic E-state index is 5.47. The minimum absolute atomic E-state index is 0.355. The number of fused-ring (bicyclic) bond motifs is 28. The molecule has 2 N–H and O–H groups in total. The summed E-state index contributed by atoms with van der Waals surface area (Å²) in [5, 5.41) is 40.3. The Labute approximate surface area is 423 Å². The normalized spacial score (nSPS) is 12.2. The molecule has 0 aliphatic carbocycles. The predicted octanol–water partition coefficient (Wildman–Crippen LogP) is 9.90. The smallest absolute Gasteiger partial charge is 0.181 e. The summed E-state index contributed by atoms with van der Waals surface area (Å²) in [6.07, 6.45) is 0. The Kier molecular flexibility index (Phi) is 8.03. The number of nitrogens with one attached hydrogen (secondary N) is 2. The minimum atomic E-state index is 0.355. The van der Waals surface area contributed by atoms with Gasteiger partial charge in [-0.1, -0.05) is 121 Å². The van der Waals surface area contributed by atoms with E-state index in [1.54, 1.807) is 0 Å². The number of hydrogen-bond donors (Lipinski definition) is 2. The second-order valence-electron chi connectivity index (χ2n) is 18.3. The van der Waals surface area contributed by atoms with Crippen molar-refractivity contribution in [2.24, 2.45) is 0 Å². The first-order valence-corrected chi connectivity index (χ1v) is 24.2. The third-order valence-corrected chi connectivity index (χ3v) is 14.0. The number of benzene rings is 4. The lowest BCUT2D eigenvalue weighted by molar-refractivity contribution is 1.12. The van der Waals surface area contributed by atoms with Crippen molar-refractivity contribution in [1.29, 1.82) is 0 Å². The third-order valence-electron chi connectivity index (χ3n) is 14.0. The third kappa shape index (κ3) is 5.70. The lowest BCUT2D eigenvalue weighted by Gasteiger charge is -2.03. The molecule has 8 bridgehead atoms. The molecular weight excluding hydrogens is 953 g/mol. The number of H-pyrrole nitrogens is 2. The maximum Gasteiger partial charge on any atom is 0.181 e. The molecule has 0 spiro atoms. The van der Waals surface area contributed by atoms with Crippen LogP contribution in [0.4, 0.5) is 0 Å². The molecular formula is C56H30N20. The van der Waals surface area contributed by atoms with E-state index in [-0.39, 0.29) is 0 Å². The van der Waals surface area contributed by atoms with Crippen LogP contribution in [-0.2, 0) is 0 Å². The summed E-state index contributed by atoms with van der Waals surface area (Å²) in [6, 6.07) is 55.3.